The summed E-state index contributed by atoms with van der Waals surface area (Å²) in [6.45, 7) is 6.49. The van der Waals surface area contributed by atoms with E-state index in [0.29, 0.717) is 13.1 Å². The fraction of sp³-hybridized carbons (Fsp3) is 0.750. The van der Waals surface area contributed by atoms with Crippen LogP contribution in [-0.2, 0) is 4.74 Å². The Labute approximate surface area is 100 Å². The molecule has 0 spiro atoms. The van der Waals surface area contributed by atoms with Gasteiger partial charge in [-0.05, 0) is 11.8 Å². The maximum absolute atomic E-state index is 11.9. The minimum absolute atomic E-state index is 0.0962. The average Bonchev–Trinajstić information content (AvgIpc) is 2.25. The zero-order valence-corrected chi connectivity index (χ0v) is 10.5. The molecule has 0 radical (unpaired) electrons. The van der Waals surface area contributed by atoms with Crippen molar-refractivity contribution in [2.24, 2.45) is 5.41 Å². The van der Waals surface area contributed by atoms with Gasteiger partial charge in [0, 0.05) is 13.1 Å². The lowest BCUT2D eigenvalue weighted by molar-refractivity contribution is 0.0326. The van der Waals surface area contributed by atoms with Gasteiger partial charge in [-0.1, -0.05) is 32.4 Å². The van der Waals surface area contributed by atoms with Gasteiger partial charge in [-0.3, -0.25) is 0 Å². The smallest absolute Gasteiger partial charge is 0.410 e. The van der Waals surface area contributed by atoms with Crippen molar-refractivity contribution < 1.29 is 18.3 Å². The van der Waals surface area contributed by atoms with Gasteiger partial charge in [-0.25, -0.2) is 13.6 Å². The maximum Gasteiger partial charge on any atom is 0.410 e. The van der Waals surface area contributed by atoms with Crippen LogP contribution in [0.25, 0.3) is 0 Å². The van der Waals surface area contributed by atoms with Crippen molar-refractivity contribution in [3.05, 3.63) is 11.6 Å². The molecule has 0 saturated carbocycles. The summed E-state index contributed by atoms with van der Waals surface area (Å²) in [6.07, 6.45) is -0.514. The molecule has 0 fully saturated rings. The fourth-order valence-electron chi connectivity index (χ4n) is 1.74. The van der Waals surface area contributed by atoms with Crippen molar-refractivity contribution in [1.82, 2.24) is 4.90 Å². The predicted molar refractivity (Wildman–Crippen MR) is 61.1 cm³/mol. The lowest BCUT2D eigenvalue weighted by Gasteiger charge is -2.31. The highest BCUT2D eigenvalue weighted by Crippen LogP contribution is 2.30. The van der Waals surface area contributed by atoms with E-state index in [1.807, 2.05) is 6.08 Å². The van der Waals surface area contributed by atoms with Crippen LogP contribution in [0.4, 0.5) is 13.6 Å². The van der Waals surface area contributed by atoms with Crippen molar-refractivity contribution >= 4 is 6.09 Å². The second-order valence-electron chi connectivity index (χ2n) is 5.14. The standard InChI is InChI=1S/C12H19F2NO2/c1-12(2,3)9-4-6-15(7-5-9)11(16)17-8-10(13)14/h4,10H,5-8H2,1-3H3. The number of carbonyl (C=O) groups excluding carboxylic acids is 1. The molecule has 17 heavy (non-hydrogen) atoms. The summed E-state index contributed by atoms with van der Waals surface area (Å²) in [5.41, 5.74) is 1.38. The summed E-state index contributed by atoms with van der Waals surface area (Å²) in [7, 11) is 0. The molecule has 0 aromatic heterocycles. The zero-order chi connectivity index (χ0) is 13.1. The summed E-state index contributed by atoms with van der Waals surface area (Å²) in [4.78, 5) is 12.8. The van der Waals surface area contributed by atoms with E-state index in [0.717, 1.165) is 6.42 Å². The van der Waals surface area contributed by atoms with Gasteiger partial charge < -0.3 is 9.64 Å². The monoisotopic (exact) mass is 247 g/mol. The third kappa shape index (κ3) is 4.32. The van der Waals surface area contributed by atoms with Crippen LogP contribution in [-0.4, -0.2) is 37.1 Å². The summed E-state index contributed by atoms with van der Waals surface area (Å²) < 4.78 is 28.2. The largest absolute Gasteiger partial charge is 0.443 e. The van der Waals surface area contributed by atoms with E-state index in [1.54, 1.807) is 0 Å². The van der Waals surface area contributed by atoms with Gasteiger partial charge in [-0.2, -0.15) is 0 Å². The maximum atomic E-state index is 11.9. The Morgan fingerprint density at radius 3 is 2.59 bits per heavy atom. The molecule has 98 valence electrons. The molecule has 3 nitrogen and oxygen atoms in total. The highest BCUT2D eigenvalue weighted by atomic mass is 19.3. The molecular formula is C12H19F2NO2. The van der Waals surface area contributed by atoms with Crippen molar-refractivity contribution in [2.45, 2.75) is 33.6 Å². The molecule has 0 aliphatic carbocycles. The highest BCUT2D eigenvalue weighted by Gasteiger charge is 2.24. The van der Waals surface area contributed by atoms with Gasteiger partial charge in [0.1, 0.15) is 0 Å². The Balaban J connectivity index is 2.46. The molecule has 1 aliphatic rings. The third-order valence-electron chi connectivity index (χ3n) is 2.76. The van der Waals surface area contributed by atoms with Gasteiger partial charge in [-0.15, -0.1) is 0 Å². The Bertz CT molecular complexity index is 308. The van der Waals surface area contributed by atoms with E-state index in [2.05, 4.69) is 25.5 Å². The Kier molecular flexibility index (Phi) is 4.48. The van der Waals surface area contributed by atoms with Gasteiger partial charge in [0.05, 0.1) is 0 Å². The molecule has 0 atom stereocenters. The Morgan fingerprint density at radius 2 is 2.18 bits per heavy atom. The van der Waals surface area contributed by atoms with Crippen molar-refractivity contribution in [1.29, 1.82) is 0 Å². The van der Waals surface area contributed by atoms with Crippen molar-refractivity contribution in [3.63, 3.8) is 0 Å². The molecule has 0 saturated heterocycles. The lowest BCUT2D eigenvalue weighted by atomic mass is 9.83. The van der Waals surface area contributed by atoms with Crippen LogP contribution in [0.3, 0.4) is 0 Å². The predicted octanol–water partition coefficient (Wildman–Crippen LogP) is 3.07. The number of alkyl halides is 2. The number of carbonyl (C=O) groups is 1. The first-order valence-corrected chi connectivity index (χ1v) is 5.70. The normalized spacial score (nSPS) is 17.1. The molecule has 0 N–H and O–H groups in total. The number of hydrogen-bond acceptors (Lipinski definition) is 2. The van der Waals surface area contributed by atoms with Gasteiger partial charge in [0.25, 0.3) is 6.43 Å². The van der Waals surface area contributed by atoms with Crippen LogP contribution < -0.4 is 0 Å². The first kappa shape index (κ1) is 13.9. The third-order valence-corrected chi connectivity index (χ3v) is 2.76. The minimum atomic E-state index is -2.61. The Morgan fingerprint density at radius 1 is 1.53 bits per heavy atom. The quantitative estimate of drug-likeness (QED) is 0.702. The molecule has 0 bridgehead atoms. The molecular weight excluding hydrogens is 228 g/mol. The summed E-state index contributed by atoms with van der Waals surface area (Å²) in [5.74, 6) is 0. The molecule has 5 heteroatoms. The molecule has 0 aromatic carbocycles. The molecule has 0 aromatic rings. The second-order valence-corrected chi connectivity index (χ2v) is 5.14. The van der Waals surface area contributed by atoms with Crippen molar-refractivity contribution in [3.8, 4) is 0 Å². The van der Waals surface area contributed by atoms with E-state index in [9.17, 15) is 13.6 Å². The molecule has 1 rings (SSSR count). The number of halogens is 2. The van der Waals surface area contributed by atoms with Gasteiger partial charge in [0.2, 0.25) is 0 Å². The zero-order valence-electron chi connectivity index (χ0n) is 10.5. The van der Waals surface area contributed by atoms with Crippen LogP contribution in [0.2, 0.25) is 0 Å². The van der Waals surface area contributed by atoms with Gasteiger partial charge in [0.15, 0.2) is 6.61 Å². The highest BCUT2D eigenvalue weighted by molar-refractivity contribution is 5.68. The summed E-state index contributed by atoms with van der Waals surface area (Å²) in [5, 5.41) is 0. The number of rotatable bonds is 2. The number of ether oxygens (including phenoxy) is 1. The minimum Gasteiger partial charge on any atom is -0.443 e. The van der Waals surface area contributed by atoms with E-state index < -0.39 is 19.1 Å². The van der Waals surface area contributed by atoms with Crippen molar-refractivity contribution in [2.75, 3.05) is 19.7 Å². The number of nitrogens with zero attached hydrogens (tertiary/aromatic N) is 1. The first-order valence-electron chi connectivity index (χ1n) is 5.70. The summed E-state index contributed by atoms with van der Waals surface area (Å²) >= 11 is 0. The van der Waals surface area contributed by atoms with Crippen LogP contribution in [0.5, 0.6) is 0 Å². The Hall–Kier alpha value is -1.13. The topological polar surface area (TPSA) is 29.5 Å². The summed E-state index contributed by atoms with van der Waals surface area (Å²) in [6, 6.07) is 0. The molecule has 1 heterocycles. The number of hydrogen-bond donors (Lipinski definition) is 0. The molecule has 1 aliphatic heterocycles. The van der Waals surface area contributed by atoms with E-state index >= 15 is 0 Å². The van der Waals surface area contributed by atoms with Crippen LogP contribution >= 0.6 is 0 Å². The SMILES string of the molecule is CC(C)(C)C1=CCN(C(=O)OCC(F)F)CC1. The van der Waals surface area contributed by atoms with E-state index in [1.165, 1.54) is 10.5 Å². The molecule has 0 unspecified atom stereocenters. The van der Waals surface area contributed by atoms with Crippen LogP contribution in [0.1, 0.15) is 27.2 Å². The second kappa shape index (κ2) is 5.47. The molecule has 1 amide bonds. The number of amides is 1. The van der Waals surface area contributed by atoms with Crippen LogP contribution in [0.15, 0.2) is 11.6 Å². The van der Waals surface area contributed by atoms with E-state index in [-0.39, 0.29) is 5.41 Å². The average molecular weight is 247 g/mol. The first-order chi connectivity index (χ1) is 7.80. The van der Waals surface area contributed by atoms with Gasteiger partial charge >= 0.3 is 6.09 Å². The van der Waals surface area contributed by atoms with Crippen LogP contribution in [0, 0.1) is 5.41 Å². The lowest BCUT2D eigenvalue weighted by Crippen LogP contribution is -2.37. The van der Waals surface area contributed by atoms with E-state index in [4.69, 9.17) is 0 Å². The fourth-order valence-corrected chi connectivity index (χ4v) is 1.74.